The first-order valence-corrected chi connectivity index (χ1v) is 11.6. The average molecular weight is 540 g/mol. The van der Waals surface area contributed by atoms with Crippen LogP contribution in [0.15, 0.2) is 53.0 Å². The van der Waals surface area contributed by atoms with E-state index in [1.807, 2.05) is 18.2 Å². The van der Waals surface area contributed by atoms with Gasteiger partial charge in [0.05, 0.1) is 10.9 Å². The molecule has 2 unspecified atom stereocenters. The van der Waals surface area contributed by atoms with Crippen LogP contribution < -0.4 is 14.8 Å². The number of halogens is 2. The van der Waals surface area contributed by atoms with Crippen molar-refractivity contribution in [1.29, 1.82) is 0 Å². The van der Waals surface area contributed by atoms with Gasteiger partial charge in [0.25, 0.3) is 5.91 Å². The number of carbonyl (C=O) groups is 3. The van der Waals surface area contributed by atoms with Gasteiger partial charge in [0, 0.05) is 18.1 Å². The zero-order valence-corrected chi connectivity index (χ0v) is 20.3. The largest absolute Gasteiger partial charge is 0.490 e. The van der Waals surface area contributed by atoms with Crippen molar-refractivity contribution in [3.8, 4) is 11.5 Å². The molecule has 3 rings (SSSR count). The molecule has 1 heterocycles. The molecule has 0 saturated carbocycles. The number of amides is 2. The molecule has 2 aromatic carbocycles. The minimum atomic E-state index is -0.978. The Morgan fingerprint density at radius 3 is 2.70 bits per heavy atom. The van der Waals surface area contributed by atoms with E-state index in [4.69, 9.17) is 25.8 Å². The Morgan fingerprint density at radius 2 is 1.97 bits per heavy atom. The van der Waals surface area contributed by atoms with Crippen LogP contribution in [0.2, 0.25) is 5.02 Å². The summed E-state index contributed by atoms with van der Waals surface area (Å²) >= 11 is 9.29. The molecule has 1 aliphatic rings. The minimum absolute atomic E-state index is 0.0279. The van der Waals surface area contributed by atoms with Crippen molar-refractivity contribution in [2.75, 3.05) is 26.3 Å². The quantitative estimate of drug-likeness (QED) is 0.389. The Bertz CT molecular complexity index is 990. The molecule has 1 aliphatic heterocycles. The summed E-state index contributed by atoms with van der Waals surface area (Å²) in [6.07, 6.45) is -1.15. The van der Waals surface area contributed by atoms with E-state index in [1.165, 1.54) is 4.90 Å². The third-order valence-corrected chi connectivity index (χ3v) is 5.73. The third kappa shape index (κ3) is 7.10. The molecule has 0 spiro atoms. The molecule has 8 nitrogen and oxygen atoms in total. The molecule has 1 fully saturated rings. The van der Waals surface area contributed by atoms with Gasteiger partial charge in [-0.15, -0.1) is 0 Å². The van der Waals surface area contributed by atoms with Crippen molar-refractivity contribution in [2.45, 2.75) is 25.5 Å². The number of rotatable bonds is 9. The molecule has 0 aliphatic carbocycles. The second-order valence-electron chi connectivity index (χ2n) is 7.26. The number of para-hydroxylation sites is 1. The molecular weight excluding hydrogens is 516 g/mol. The summed E-state index contributed by atoms with van der Waals surface area (Å²) in [6, 6.07) is 13.1. The maximum absolute atomic E-state index is 13.0. The molecule has 2 amide bonds. The van der Waals surface area contributed by atoms with Gasteiger partial charge in [0.1, 0.15) is 30.8 Å². The van der Waals surface area contributed by atoms with Crippen LogP contribution in [-0.4, -0.2) is 61.1 Å². The van der Waals surface area contributed by atoms with Gasteiger partial charge in [-0.25, -0.2) is 0 Å². The molecule has 176 valence electrons. The fourth-order valence-corrected chi connectivity index (χ4v) is 4.05. The first-order valence-electron chi connectivity index (χ1n) is 10.4. The van der Waals surface area contributed by atoms with Crippen LogP contribution in [0.5, 0.6) is 11.5 Å². The van der Waals surface area contributed by atoms with Crippen LogP contribution >= 0.6 is 27.5 Å². The monoisotopic (exact) mass is 538 g/mol. The van der Waals surface area contributed by atoms with Crippen molar-refractivity contribution in [3.63, 3.8) is 0 Å². The van der Waals surface area contributed by atoms with Gasteiger partial charge in [-0.2, -0.15) is 0 Å². The first-order chi connectivity index (χ1) is 15.8. The van der Waals surface area contributed by atoms with E-state index in [2.05, 4.69) is 21.2 Å². The average Bonchev–Trinajstić information content (AvgIpc) is 2.80. The Kier molecular flexibility index (Phi) is 8.96. The lowest BCUT2D eigenvalue weighted by Gasteiger charge is -2.36. The van der Waals surface area contributed by atoms with Crippen molar-refractivity contribution in [3.05, 3.63) is 58.0 Å². The number of esters is 1. The van der Waals surface area contributed by atoms with E-state index < -0.39 is 29.9 Å². The predicted octanol–water partition coefficient (Wildman–Crippen LogP) is 3.21. The normalized spacial score (nSPS) is 16.5. The van der Waals surface area contributed by atoms with E-state index >= 15 is 0 Å². The summed E-state index contributed by atoms with van der Waals surface area (Å²) in [4.78, 5) is 39.2. The van der Waals surface area contributed by atoms with Crippen molar-refractivity contribution >= 4 is 45.3 Å². The number of ether oxygens (including phenoxy) is 3. The number of hydrogen-bond donors (Lipinski definition) is 1. The van der Waals surface area contributed by atoms with Gasteiger partial charge in [0.15, 0.2) is 6.10 Å². The number of nitrogens with zero attached hydrogens (tertiary/aromatic N) is 1. The number of nitrogens with one attached hydrogen (secondary N) is 1. The van der Waals surface area contributed by atoms with Crippen molar-refractivity contribution in [1.82, 2.24) is 10.2 Å². The molecule has 0 bridgehead atoms. The molecule has 0 aromatic heterocycles. The molecule has 1 N–H and O–H groups in total. The number of hydrogen-bond acceptors (Lipinski definition) is 6. The zero-order valence-electron chi connectivity index (χ0n) is 18.0. The van der Waals surface area contributed by atoms with E-state index in [1.54, 1.807) is 37.3 Å². The lowest BCUT2D eigenvalue weighted by molar-refractivity contribution is -0.154. The maximum Gasteiger partial charge on any atom is 0.308 e. The summed E-state index contributed by atoms with van der Waals surface area (Å²) < 4.78 is 17.0. The predicted molar refractivity (Wildman–Crippen MR) is 125 cm³/mol. The van der Waals surface area contributed by atoms with E-state index in [9.17, 15) is 14.4 Å². The van der Waals surface area contributed by atoms with Gasteiger partial charge in [-0.1, -0.05) is 29.8 Å². The SMILES string of the molecule is CC(Oc1ccc(Cl)cc1Br)C(=O)N1CCNC(=O)C1CC(=O)OCCOc1ccccc1. The van der Waals surface area contributed by atoms with Crippen LogP contribution in [0, 0.1) is 0 Å². The fourth-order valence-electron chi connectivity index (χ4n) is 3.28. The fraction of sp³-hybridized carbons (Fsp3) is 0.348. The van der Waals surface area contributed by atoms with E-state index in [0.717, 1.165) is 0 Å². The molecule has 2 atom stereocenters. The smallest absolute Gasteiger partial charge is 0.308 e. The molecule has 33 heavy (non-hydrogen) atoms. The summed E-state index contributed by atoms with van der Waals surface area (Å²) in [5, 5.41) is 3.21. The molecule has 10 heteroatoms. The highest BCUT2D eigenvalue weighted by molar-refractivity contribution is 9.10. The minimum Gasteiger partial charge on any atom is -0.490 e. The van der Waals surface area contributed by atoms with Crippen molar-refractivity contribution < 1.29 is 28.6 Å². The number of carbonyl (C=O) groups excluding carboxylic acids is 3. The Balaban J connectivity index is 1.54. The van der Waals surface area contributed by atoms with Crippen LogP contribution in [0.3, 0.4) is 0 Å². The standard InChI is InChI=1S/C23H24BrClN2O6/c1-15(33-20-8-7-16(25)13-18(20)24)23(30)27-10-9-26-22(29)19(27)14-21(28)32-12-11-31-17-5-3-2-4-6-17/h2-8,13,15,19H,9-12,14H2,1H3,(H,26,29). The van der Waals surface area contributed by atoms with Crippen molar-refractivity contribution in [2.24, 2.45) is 0 Å². The second-order valence-corrected chi connectivity index (χ2v) is 8.55. The number of benzene rings is 2. The van der Waals surface area contributed by atoms with Crippen LogP contribution in [-0.2, 0) is 19.1 Å². The van der Waals surface area contributed by atoms with E-state index in [0.29, 0.717) is 27.5 Å². The molecule has 1 saturated heterocycles. The molecule has 0 radical (unpaired) electrons. The summed E-state index contributed by atoms with van der Waals surface area (Å²) in [5.74, 6) is -0.307. The Morgan fingerprint density at radius 1 is 1.21 bits per heavy atom. The highest BCUT2D eigenvalue weighted by Gasteiger charge is 2.37. The van der Waals surface area contributed by atoms with Gasteiger partial charge in [-0.05, 0) is 53.2 Å². The van der Waals surface area contributed by atoms with Gasteiger partial charge in [0.2, 0.25) is 5.91 Å². The van der Waals surface area contributed by atoms with Crippen LogP contribution in [0.25, 0.3) is 0 Å². The van der Waals surface area contributed by atoms with Gasteiger partial charge in [-0.3, -0.25) is 14.4 Å². The molecular formula is C23H24BrClN2O6. The second kappa shape index (κ2) is 11.9. The van der Waals surface area contributed by atoms with E-state index in [-0.39, 0.29) is 26.2 Å². The van der Waals surface area contributed by atoms with Crippen LogP contribution in [0.4, 0.5) is 0 Å². The summed E-state index contributed by atoms with van der Waals surface area (Å²) in [6.45, 7) is 2.34. The zero-order chi connectivity index (χ0) is 23.8. The highest BCUT2D eigenvalue weighted by atomic mass is 79.9. The van der Waals surface area contributed by atoms with Crippen LogP contribution in [0.1, 0.15) is 13.3 Å². The highest BCUT2D eigenvalue weighted by Crippen LogP contribution is 2.29. The lowest BCUT2D eigenvalue weighted by atomic mass is 10.1. The summed E-state index contributed by atoms with van der Waals surface area (Å²) in [7, 11) is 0. The third-order valence-electron chi connectivity index (χ3n) is 4.88. The summed E-state index contributed by atoms with van der Waals surface area (Å²) in [5.41, 5.74) is 0. The Hall–Kier alpha value is -2.78. The van der Waals surface area contributed by atoms with Gasteiger partial charge >= 0.3 is 5.97 Å². The first kappa shape index (κ1) is 24.9. The lowest BCUT2D eigenvalue weighted by Crippen LogP contribution is -2.60. The topological polar surface area (TPSA) is 94.2 Å². The maximum atomic E-state index is 13.0. The number of piperazine rings is 1. The molecule has 2 aromatic rings. The van der Waals surface area contributed by atoms with Gasteiger partial charge < -0.3 is 24.4 Å². The Labute approximate surface area is 205 Å².